The molecule has 102 valence electrons. The molecule has 0 radical (unpaired) electrons. The van der Waals surface area contributed by atoms with E-state index in [-0.39, 0.29) is 12.0 Å². The zero-order valence-electron chi connectivity index (χ0n) is 10.8. The Hall–Kier alpha value is -1.39. The van der Waals surface area contributed by atoms with E-state index in [4.69, 9.17) is 0 Å². The molecule has 4 unspecified atom stereocenters. The number of carboxylic acids is 1. The maximum Gasteiger partial charge on any atom is 0.308 e. The fraction of sp³-hybridized carbons (Fsp3) is 0.533. The maximum absolute atomic E-state index is 11.2. The summed E-state index contributed by atoms with van der Waals surface area (Å²) in [5.74, 6) is -0.937. The first-order chi connectivity index (χ1) is 9.16. The third kappa shape index (κ3) is 2.26. The molecular formula is C15H19NO3. The van der Waals surface area contributed by atoms with Gasteiger partial charge in [-0.15, -0.1) is 0 Å². The predicted molar refractivity (Wildman–Crippen MR) is 70.7 cm³/mol. The molecule has 19 heavy (non-hydrogen) atoms. The number of rotatable bonds is 4. The Kier molecular flexibility index (Phi) is 3.29. The second-order valence-corrected chi connectivity index (χ2v) is 5.60. The van der Waals surface area contributed by atoms with Crippen molar-refractivity contribution in [2.45, 2.75) is 37.5 Å². The number of carbonyl (C=O) groups is 1. The lowest BCUT2D eigenvalue weighted by Gasteiger charge is -2.25. The molecule has 4 atom stereocenters. The molecule has 2 saturated heterocycles. The third-order valence-corrected chi connectivity index (χ3v) is 4.57. The monoisotopic (exact) mass is 261 g/mol. The highest BCUT2D eigenvalue weighted by Crippen LogP contribution is 2.42. The molecule has 0 spiro atoms. The topological polar surface area (TPSA) is 60.8 Å². The van der Waals surface area contributed by atoms with E-state index in [9.17, 15) is 15.0 Å². The summed E-state index contributed by atoms with van der Waals surface area (Å²) in [5, 5.41) is 19.5. The van der Waals surface area contributed by atoms with Gasteiger partial charge in [0.2, 0.25) is 0 Å². The van der Waals surface area contributed by atoms with Gasteiger partial charge in [-0.1, -0.05) is 30.3 Å². The Labute approximate surface area is 112 Å². The van der Waals surface area contributed by atoms with Crippen molar-refractivity contribution in [3.05, 3.63) is 35.9 Å². The Morgan fingerprint density at radius 3 is 2.68 bits per heavy atom. The number of carboxylic acid groups (broad SMARTS) is 1. The number of aliphatic hydroxyl groups is 1. The molecule has 2 aliphatic rings. The highest BCUT2D eigenvalue weighted by Gasteiger charge is 2.49. The number of nitrogens with zero attached hydrogens (tertiary/aromatic N) is 1. The standard InChI is InChI=1S/C15H19NO3/c17-14(10-4-2-1-3-5-10)9-16-11-6-7-13(16)12(8-11)15(18)19/h1-5,11-14,17H,6-9H2,(H,18,19). The van der Waals surface area contributed by atoms with Gasteiger partial charge in [-0.05, 0) is 24.8 Å². The van der Waals surface area contributed by atoms with E-state index < -0.39 is 12.1 Å². The second-order valence-electron chi connectivity index (χ2n) is 5.60. The van der Waals surface area contributed by atoms with Crippen LogP contribution in [0.3, 0.4) is 0 Å². The first-order valence-electron chi connectivity index (χ1n) is 6.88. The summed E-state index contributed by atoms with van der Waals surface area (Å²) in [4.78, 5) is 13.4. The van der Waals surface area contributed by atoms with Gasteiger partial charge < -0.3 is 10.2 Å². The fourth-order valence-electron chi connectivity index (χ4n) is 3.63. The lowest BCUT2D eigenvalue weighted by Crippen LogP contribution is -2.35. The minimum Gasteiger partial charge on any atom is -0.481 e. The van der Waals surface area contributed by atoms with E-state index in [1.165, 1.54) is 0 Å². The normalized spacial score (nSPS) is 31.5. The quantitative estimate of drug-likeness (QED) is 0.865. The van der Waals surface area contributed by atoms with Gasteiger partial charge in [0.1, 0.15) is 0 Å². The van der Waals surface area contributed by atoms with Gasteiger partial charge in [0, 0.05) is 18.6 Å². The van der Waals surface area contributed by atoms with E-state index in [0.717, 1.165) is 24.8 Å². The van der Waals surface area contributed by atoms with Crippen LogP contribution in [0, 0.1) is 5.92 Å². The molecule has 1 aromatic rings. The van der Waals surface area contributed by atoms with Crippen LogP contribution in [0.25, 0.3) is 0 Å². The van der Waals surface area contributed by atoms with Gasteiger partial charge in [-0.3, -0.25) is 9.69 Å². The van der Waals surface area contributed by atoms with Crippen molar-refractivity contribution in [2.75, 3.05) is 6.54 Å². The lowest BCUT2D eigenvalue weighted by atomic mass is 9.89. The molecule has 0 saturated carbocycles. The van der Waals surface area contributed by atoms with Crippen molar-refractivity contribution < 1.29 is 15.0 Å². The summed E-state index contributed by atoms with van der Waals surface area (Å²) < 4.78 is 0. The van der Waals surface area contributed by atoms with Crippen LogP contribution < -0.4 is 0 Å². The van der Waals surface area contributed by atoms with E-state index in [2.05, 4.69) is 4.90 Å². The van der Waals surface area contributed by atoms with Crippen LogP contribution in [-0.2, 0) is 4.79 Å². The summed E-state index contributed by atoms with van der Waals surface area (Å²) in [6.07, 6.45) is 2.22. The average molecular weight is 261 g/mol. The summed E-state index contributed by atoms with van der Waals surface area (Å²) >= 11 is 0. The second kappa shape index (κ2) is 4.94. The number of aliphatic carboxylic acids is 1. The summed E-state index contributed by atoms with van der Waals surface area (Å²) in [6, 6.07) is 10.0. The highest BCUT2D eigenvalue weighted by molar-refractivity contribution is 5.71. The molecule has 2 heterocycles. The molecule has 4 nitrogen and oxygen atoms in total. The molecule has 2 bridgehead atoms. The van der Waals surface area contributed by atoms with E-state index in [1.54, 1.807) is 0 Å². The largest absolute Gasteiger partial charge is 0.481 e. The van der Waals surface area contributed by atoms with Gasteiger partial charge in [0.15, 0.2) is 0 Å². The van der Waals surface area contributed by atoms with Crippen LogP contribution in [0.2, 0.25) is 0 Å². The van der Waals surface area contributed by atoms with Gasteiger partial charge in [0.25, 0.3) is 0 Å². The van der Waals surface area contributed by atoms with Crippen molar-refractivity contribution >= 4 is 5.97 Å². The maximum atomic E-state index is 11.2. The van der Waals surface area contributed by atoms with Crippen LogP contribution in [0.5, 0.6) is 0 Å². The van der Waals surface area contributed by atoms with Crippen LogP contribution >= 0.6 is 0 Å². The van der Waals surface area contributed by atoms with E-state index >= 15 is 0 Å². The number of benzene rings is 1. The summed E-state index contributed by atoms with van der Waals surface area (Å²) in [7, 11) is 0. The predicted octanol–water partition coefficient (Wildman–Crippen LogP) is 1.66. The number of hydrogen-bond donors (Lipinski definition) is 2. The van der Waals surface area contributed by atoms with Crippen molar-refractivity contribution in [1.82, 2.24) is 4.90 Å². The molecule has 3 rings (SSSR count). The van der Waals surface area contributed by atoms with E-state index in [0.29, 0.717) is 12.6 Å². The van der Waals surface area contributed by atoms with Crippen LogP contribution in [0.1, 0.15) is 30.9 Å². The lowest BCUT2D eigenvalue weighted by molar-refractivity contribution is -0.142. The first-order valence-corrected chi connectivity index (χ1v) is 6.88. The Balaban J connectivity index is 1.70. The van der Waals surface area contributed by atoms with Crippen molar-refractivity contribution in [3.63, 3.8) is 0 Å². The smallest absolute Gasteiger partial charge is 0.308 e. The highest BCUT2D eigenvalue weighted by atomic mass is 16.4. The zero-order chi connectivity index (χ0) is 13.4. The summed E-state index contributed by atoms with van der Waals surface area (Å²) in [6.45, 7) is 0.545. The summed E-state index contributed by atoms with van der Waals surface area (Å²) in [5.41, 5.74) is 0.903. The van der Waals surface area contributed by atoms with Crippen molar-refractivity contribution in [3.8, 4) is 0 Å². The van der Waals surface area contributed by atoms with Gasteiger partial charge in [-0.25, -0.2) is 0 Å². The molecule has 2 fully saturated rings. The number of aliphatic hydroxyl groups excluding tert-OH is 1. The van der Waals surface area contributed by atoms with Gasteiger partial charge in [0.05, 0.1) is 12.0 Å². The Morgan fingerprint density at radius 1 is 1.32 bits per heavy atom. The molecule has 1 aromatic carbocycles. The zero-order valence-corrected chi connectivity index (χ0v) is 10.8. The molecule has 0 aromatic heterocycles. The number of fused-ring (bicyclic) bond motifs is 2. The molecule has 4 heteroatoms. The minimum atomic E-state index is -0.689. The molecule has 2 aliphatic heterocycles. The molecule has 2 N–H and O–H groups in total. The third-order valence-electron chi connectivity index (χ3n) is 4.57. The molecular weight excluding hydrogens is 242 g/mol. The Bertz CT molecular complexity index is 462. The van der Waals surface area contributed by atoms with Crippen LogP contribution in [0.4, 0.5) is 0 Å². The molecule has 0 aliphatic carbocycles. The van der Waals surface area contributed by atoms with Crippen molar-refractivity contribution in [1.29, 1.82) is 0 Å². The van der Waals surface area contributed by atoms with Crippen LogP contribution in [-0.4, -0.2) is 39.7 Å². The fourth-order valence-corrected chi connectivity index (χ4v) is 3.63. The number of hydrogen-bond acceptors (Lipinski definition) is 3. The van der Waals surface area contributed by atoms with E-state index in [1.807, 2.05) is 30.3 Å². The van der Waals surface area contributed by atoms with Gasteiger partial charge in [-0.2, -0.15) is 0 Å². The molecule has 0 amide bonds. The first kappa shape index (κ1) is 12.6. The SMILES string of the molecule is O=C(O)C1CC2CCC1N2CC(O)c1ccccc1. The van der Waals surface area contributed by atoms with Gasteiger partial charge >= 0.3 is 5.97 Å². The Morgan fingerprint density at radius 2 is 2.05 bits per heavy atom. The average Bonchev–Trinajstić information content (AvgIpc) is 2.97. The van der Waals surface area contributed by atoms with Crippen LogP contribution in [0.15, 0.2) is 30.3 Å². The van der Waals surface area contributed by atoms with Crippen molar-refractivity contribution in [2.24, 2.45) is 5.92 Å². The minimum absolute atomic E-state index is 0.112.